The lowest BCUT2D eigenvalue weighted by Gasteiger charge is -2.11. The number of pyridine rings is 1. The van der Waals surface area contributed by atoms with Crippen LogP contribution in [0.15, 0.2) is 29.2 Å². The molecule has 5 nitrogen and oxygen atoms in total. The smallest absolute Gasteiger partial charge is 0.341 e. The lowest BCUT2D eigenvalue weighted by molar-refractivity contribution is 0.0695. The van der Waals surface area contributed by atoms with Crippen molar-refractivity contribution >= 4 is 16.9 Å². The second-order valence-electron chi connectivity index (χ2n) is 4.08. The van der Waals surface area contributed by atoms with Gasteiger partial charge in [0, 0.05) is 12.7 Å². The quantitative estimate of drug-likeness (QED) is 0.915. The molecule has 0 aliphatic heterocycles. The average molecular weight is 261 g/mol. The van der Waals surface area contributed by atoms with E-state index >= 15 is 0 Å². The van der Waals surface area contributed by atoms with Gasteiger partial charge in [-0.3, -0.25) is 4.79 Å². The highest BCUT2D eigenvalue weighted by Gasteiger charge is 2.14. The summed E-state index contributed by atoms with van der Waals surface area (Å²) in [5, 5.41) is 9.44. The largest absolute Gasteiger partial charge is 0.494 e. The predicted octanol–water partition coefficient (Wildman–Crippen LogP) is 2.12. The predicted molar refractivity (Wildman–Crippen MR) is 72.0 cm³/mol. The molecular weight excluding hydrogens is 246 g/mol. The Morgan fingerprint density at radius 2 is 2.11 bits per heavy atom. The van der Waals surface area contributed by atoms with E-state index in [0.717, 1.165) is 0 Å². The summed E-state index contributed by atoms with van der Waals surface area (Å²) in [7, 11) is 0. The molecule has 0 atom stereocenters. The number of aromatic carboxylic acids is 1. The summed E-state index contributed by atoms with van der Waals surface area (Å²) in [5.74, 6) is -0.645. The molecule has 0 aliphatic rings. The molecule has 1 N–H and O–H groups in total. The van der Waals surface area contributed by atoms with Gasteiger partial charge in [-0.2, -0.15) is 0 Å². The van der Waals surface area contributed by atoms with Gasteiger partial charge in [-0.15, -0.1) is 0 Å². The molecule has 0 spiro atoms. The second kappa shape index (κ2) is 5.14. The van der Waals surface area contributed by atoms with Gasteiger partial charge in [0.15, 0.2) is 0 Å². The Labute approximate surface area is 110 Å². The lowest BCUT2D eigenvalue weighted by atomic mass is 10.1. The maximum absolute atomic E-state index is 12.1. The van der Waals surface area contributed by atoms with Crippen LogP contribution in [0.5, 0.6) is 5.75 Å². The molecule has 0 fully saturated rings. The van der Waals surface area contributed by atoms with Gasteiger partial charge in [0.25, 0.3) is 0 Å². The zero-order valence-corrected chi connectivity index (χ0v) is 10.8. The van der Waals surface area contributed by atoms with Crippen LogP contribution in [-0.2, 0) is 6.54 Å². The van der Waals surface area contributed by atoms with Crippen LogP contribution < -0.4 is 10.2 Å². The highest BCUT2D eigenvalue weighted by Crippen LogP contribution is 2.19. The number of ether oxygens (including phenoxy) is 1. The van der Waals surface area contributed by atoms with Crippen molar-refractivity contribution in [3.05, 3.63) is 40.2 Å². The van der Waals surface area contributed by atoms with Crippen LogP contribution >= 0.6 is 0 Å². The van der Waals surface area contributed by atoms with Gasteiger partial charge < -0.3 is 14.4 Å². The first-order chi connectivity index (χ1) is 9.08. The topological polar surface area (TPSA) is 68.5 Å². The van der Waals surface area contributed by atoms with E-state index < -0.39 is 11.4 Å². The van der Waals surface area contributed by atoms with Crippen molar-refractivity contribution in [2.75, 3.05) is 6.61 Å². The molecular formula is C14H15NO4. The first kappa shape index (κ1) is 13.1. The Kier molecular flexibility index (Phi) is 3.55. The molecule has 0 bridgehead atoms. The van der Waals surface area contributed by atoms with Crippen LogP contribution in [0.1, 0.15) is 24.2 Å². The molecule has 1 heterocycles. The molecule has 0 unspecified atom stereocenters. The average Bonchev–Trinajstić information content (AvgIpc) is 2.39. The standard InChI is InChI=1S/C14H15NO4/c1-3-15-8-11(14(17)18)13(16)10-7-9(19-4-2)5-6-12(10)15/h5-8H,3-4H2,1-2H3,(H,17,18). The van der Waals surface area contributed by atoms with Crippen LogP contribution in [-0.4, -0.2) is 22.2 Å². The molecule has 0 radical (unpaired) electrons. The van der Waals surface area contributed by atoms with Gasteiger partial charge >= 0.3 is 5.97 Å². The zero-order valence-electron chi connectivity index (χ0n) is 10.8. The maximum Gasteiger partial charge on any atom is 0.341 e. The molecule has 100 valence electrons. The number of hydrogen-bond donors (Lipinski definition) is 1. The van der Waals surface area contributed by atoms with Crippen LogP contribution in [0.4, 0.5) is 0 Å². The normalized spacial score (nSPS) is 10.6. The van der Waals surface area contributed by atoms with E-state index in [1.165, 1.54) is 6.20 Å². The van der Waals surface area contributed by atoms with Gasteiger partial charge in [-0.25, -0.2) is 4.79 Å². The van der Waals surface area contributed by atoms with E-state index in [0.29, 0.717) is 29.8 Å². The van der Waals surface area contributed by atoms with Gasteiger partial charge in [-0.1, -0.05) is 0 Å². The van der Waals surface area contributed by atoms with Crippen molar-refractivity contribution < 1.29 is 14.6 Å². The van der Waals surface area contributed by atoms with E-state index in [9.17, 15) is 9.59 Å². The molecule has 1 aromatic heterocycles. The summed E-state index contributed by atoms with van der Waals surface area (Å²) < 4.78 is 7.09. The van der Waals surface area contributed by atoms with Crippen LogP contribution in [0.3, 0.4) is 0 Å². The highest BCUT2D eigenvalue weighted by atomic mass is 16.5. The summed E-state index contributed by atoms with van der Waals surface area (Å²) >= 11 is 0. The van der Waals surface area contributed by atoms with E-state index in [4.69, 9.17) is 9.84 Å². The van der Waals surface area contributed by atoms with Crippen LogP contribution in [0.2, 0.25) is 0 Å². The van der Waals surface area contributed by atoms with Crippen molar-refractivity contribution in [2.24, 2.45) is 0 Å². The number of carboxylic acids is 1. The number of aryl methyl sites for hydroxylation is 1. The van der Waals surface area contributed by atoms with E-state index in [1.807, 2.05) is 13.8 Å². The zero-order chi connectivity index (χ0) is 14.0. The van der Waals surface area contributed by atoms with Crippen molar-refractivity contribution in [1.29, 1.82) is 0 Å². The van der Waals surface area contributed by atoms with Gasteiger partial charge in [0.2, 0.25) is 5.43 Å². The van der Waals surface area contributed by atoms with Crippen LogP contribution in [0, 0.1) is 0 Å². The Bertz CT molecular complexity index is 688. The minimum Gasteiger partial charge on any atom is -0.494 e. The third-order valence-electron chi connectivity index (χ3n) is 2.93. The fourth-order valence-corrected chi connectivity index (χ4v) is 2.05. The van der Waals surface area contributed by atoms with Gasteiger partial charge in [0.1, 0.15) is 11.3 Å². The molecule has 0 amide bonds. The number of hydrogen-bond acceptors (Lipinski definition) is 3. The first-order valence-electron chi connectivity index (χ1n) is 6.11. The SMILES string of the molecule is CCOc1ccc2c(c1)c(=O)c(C(=O)O)cn2CC. The molecule has 5 heteroatoms. The van der Waals surface area contributed by atoms with E-state index in [-0.39, 0.29) is 5.56 Å². The summed E-state index contributed by atoms with van der Waals surface area (Å²) in [6.07, 6.45) is 1.38. The number of carboxylic acid groups (broad SMARTS) is 1. The second-order valence-corrected chi connectivity index (χ2v) is 4.08. The minimum atomic E-state index is -1.21. The number of rotatable bonds is 4. The molecule has 0 aliphatic carbocycles. The molecule has 2 rings (SSSR count). The van der Waals surface area contributed by atoms with Crippen LogP contribution in [0.25, 0.3) is 10.9 Å². The molecule has 0 saturated heterocycles. The highest BCUT2D eigenvalue weighted by molar-refractivity contribution is 5.92. The molecule has 2 aromatic rings. The van der Waals surface area contributed by atoms with E-state index in [2.05, 4.69) is 0 Å². The number of aromatic nitrogens is 1. The number of benzene rings is 1. The Morgan fingerprint density at radius 1 is 1.37 bits per heavy atom. The molecule has 0 saturated carbocycles. The molecule has 19 heavy (non-hydrogen) atoms. The fourth-order valence-electron chi connectivity index (χ4n) is 2.05. The maximum atomic E-state index is 12.1. The van der Waals surface area contributed by atoms with Gasteiger partial charge in [0.05, 0.1) is 17.5 Å². The summed E-state index contributed by atoms with van der Waals surface area (Å²) in [5.41, 5.74) is 0.0118. The lowest BCUT2D eigenvalue weighted by Crippen LogP contribution is -2.18. The number of carbonyl (C=O) groups is 1. The third-order valence-corrected chi connectivity index (χ3v) is 2.93. The summed E-state index contributed by atoms with van der Waals surface area (Å²) in [4.78, 5) is 23.2. The Balaban J connectivity index is 2.80. The van der Waals surface area contributed by atoms with E-state index in [1.54, 1.807) is 22.8 Å². The Morgan fingerprint density at radius 3 is 2.68 bits per heavy atom. The van der Waals surface area contributed by atoms with Gasteiger partial charge in [-0.05, 0) is 32.0 Å². The van der Waals surface area contributed by atoms with Crippen molar-refractivity contribution in [1.82, 2.24) is 4.57 Å². The number of fused-ring (bicyclic) bond motifs is 1. The summed E-state index contributed by atoms with van der Waals surface area (Å²) in [6.45, 7) is 4.82. The Hall–Kier alpha value is -2.30. The minimum absolute atomic E-state index is 0.219. The monoisotopic (exact) mass is 261 g/mol. The van der Waals surface area contributed by atoms with Crippen molar-refractivity contribution in [2.45, 2.75) is 20.4 Å². The first-order valence-corrected chi connectivity index (χ1v) is 6.11. The third kappa shape index (κ3) is 2.31. The number of nitrogens with zero attached hydrogens (tertiary/aromatic N) is 1. The fraction of sp³-hybridized carbons (Fsp3) is 0.286. The molecule has 1 aromatic carbocycles. The van der Waals surface area contributed by atoms with Crippen molar-refractivity contribution in [3.8, 4) is 5.75 Å². The van der Waals surface area contributed by atoms with Crippen molar-refractivity contribution in [3.63, 3.8) is 0 Å². The summed E-state index contributed by atoms with van der Waals surface area (Å²) in [6, 6.07) is 5.15.